The average Bonchev–Trinajstić information content (AvgIpc) is 3.06. The number of alkyl halides is 1. The number of likely N-dealkylation sites (tertiary alicyclic amines) is 1. The van der Waals surface area contributed by atoms with Gasteiger partial charge >= 0.3 is 6.09 Å². The lowest BCUT2D eigenvalue weighted by molar-refractivity contribution is -0.111. The Morgan fingerprint density at radius 1 is 1.43 bits per heavy atom. The third-order valence-electron chi connectivity index (χ3n) is 5.04. The smallest absolute Gasteiger partial charge is 0.410 e. The molecule has 0 spiro atoms. The molecule has 0 aromatic carbocycles. The molecule has 1 fully saturated rings. The molecule has 2 aliphatic rings. The fourth-order valence-electron chi connectivity index (χ4n) is 3.45. The minimum absolute atomic E-state index is 0.0805. The van der Waals surface area contributed by atoms with E-state index < -0.39 is 12.3 Å². The molecule has 1 unspecified atom stereocenters. The normalized spacial score (nSPS) is 18.4. The molecule has 1 saturated heterocycles. The number of anilines is 1. The van der Waals surface area contributed by atoms with Crippen LogP contribution < -0.4 is 5.32 Å². The molecule has 9 heteroatoms. The highest BCUT2D eigenvalue weighted by atomic mass is 32.1. The highest BCUT2D eigenvalue weighted by Crippen LogP contribution is 2.38. The fourth-order valence-corrected chi connectivity index (χ4v) is 4.72. The Kier molecular flexibility index (Phi) is 5.77. The molecule has 0 saturated carbocycles. The van der Waals surface area contributed by atoms with Gasteiger partial charge in [-0.2, -0.15) is 5.26 Å². The van der Waals surface area contributed by atoms with Crippen LogP contribution in [-0.4, -0.2) is 47.2 Å². The number of nitrogens with one attached hydrogen (secondary N) is 1. The summed E-state index contributed by atoms with van der Waals surface area (Å²) in [4.78, 5) is 30.6. The lowest BCUT2D eigenvalue weighted by atomic mass is 9.94. The monoisotopic (exact) mass is 426 g/mol. The first-order valence-electron chi connectivity index (χ1n) is 9.57. The minimum Gasteiger partial charge on any atom is -0.446 e. The highest BCUT2D eigenvalue weighted by Gasteiger charge is 2.34. The number of hydrogen-bond acceptors (Lipinski definition) is 6. The fraction of sp³-hybridized carbons (Fsp3) is 0.333. The van der Waals surface area contributed by atoms with E-state index in [9.17, 15) is 19.2 Å². The van der Waals surface area contributed by atoms with Crippen molar-refractivity contribution in [2.45, 2.75) is 31.5 Å². The van der Waals surface area contributed by atoms with E-state index in [4.69, 9.17) is 4.74 Å². The lowest BCUT2D eigenvalue weighted by Gasteiger charge is -2.35. The van der Waals surface area contributed by atoms with Crippen molar-refractivity contribution in [1.82, 2.24) is 9.88 Å². The Hall–Kier alpha value is -3.25. The SMILES string of the molecule is N#Cc1c(NC(=O)/C=C/c2cccnc2)sc2c1CCC(OC(=O)N1CC(F)C1)C2. The number of amides is 2. The second-order valence-corrected chi connectivity index (χ2v) is 8.28. The second-order valence-electron chi connectivity index (χ2n) is 7.18. The molecule has 154 valence electrons. The molecule has 1 atom stereocenters. The van der Waals surface area contributed by atoms with Gasteiger partial charge in [0.05, 0.1) is 18.7 Å². The lowest BCUT2D eigenvalue weighted by Crippen LogP contribution is -2.52. The summed E-state index contributed by atoms with van der Waals surface area (Å²) in [6.07, 6.45) is 6.21. The Morgan fingerprint density at radius 3 is 2.97 bits per heavy atom. The Balaban J connectivity index is 1.41. The number of halogens is 1. The molecule has 1 N–H and O–H groups in total. The van der Waals surface area contributed by atoms with Crippen LogP contribution in [-0.2, 0) is 22.4 Å². The van der Waals surface area contributed by atoms with Gasteiger partial charge < -0.3 is 15.0 Å². The number of nitrogens with zero attached hydrogens (tertiary/aromatic N) is 3. The summed E-state index contributed by atoms with van der Waals surface area (Å²) in [6.45, 7) is 0.161. The molecule has 7 nitrogen and oxygen atoms in total. The van der Waals surface area contributed by atoms with Gasteiger partial charge in [-0.1, -0.05) is 6.07 Å². The van der Waals surface area contributed by atoms with Crippen molar-refractivity contribution in [3.05, 3.63) is 52.2 Å². The Labute approximate surface area is 176 Å². The van der Waals surface area contributed by atoms with Crippen molar-refractivity contribution < 1.29 is 18.7 Å². The van der Waals surface area contributed by atoms with Crippen molar-refractivity contribution in [3.8, 4) is 6.07 Å². The van der Waals surface area contributed by atoms with E-state index in [1.807, 2.05) is 6.07 Å². The summed E-state index contributed by atoms with van der Waals surface area (Å²) < 4.78 is 18.4. The Bertz CT molecular complexity index is 1020. The molecule has 30 heavy (non-hydrogen) atoms. The molecule has 1 aliphatic carbocycles. The van der Waals surface area contributed by atoms with Gasteiger partial charge in [0.1, 0.15) is 23.3 Å². The number of rotatable bonds is 4. The van der Waals surface area contributed by atoms with E-state index in [0.29, 0.717) is 29.8 Å². The van der Waals surface area contributed by atoms with E-state index in [1.54, 1.807) is 24.5 Å². The topological polar surface area (TPSA) is 95.3 Å². The van der Waals surface area contributed by atoms with Crippen LogP contribution in [0.15, 0.2) is 30.6 Å². The van der Waals surface area contributed by atoms with Gasteiger partial charge in [0.25, 0.3) is 0 Å². The highest BCUT2D eigenvalue weighted by molar-refractivity contribution is 7.16. The van der Waals surface area contributed by atoms with Gasteiger partial charge in [-0.15, -0.1) is 11.3 Å². The number of pyridine rings is 1. The summed E-state index contributed by atoms with van der Waals surface area (Å²) in [7, 11) is 0. The van der Waals surface area contributed by atoms with Crippen LogP contribution in [0, 0.1) is 11.3 Å². The maximum atomic E-state index is 12.9. The molecule has 2 aromatic rings. The van der Waals surface area contributed by atoms with Gasteiger partial charge in [0.2, 0.25) is 5.91 Å². The number of fused-ring (bicyclic) bond motifs is 1. The Morgan fingerprint density at radius 2 is 2.27 bits per heavy atom. The standard InChI is InChI=1S/C21H19FN4O3S/c22-14-11-26(12-14)21(28)29-15-4-5-16-17(9-23)20(30-18(16)8-15)25-19(27)6-3-13-2-1-7-24-10-13/h1-3,6-7,10,14-15H,4-5,8,11-12H2,(H,25,27)/b6-3+. The summed E-state index contributed by atoms with van der Waals surface area (Å²) in [6, 6.07) is 5.79. The molecule has 4 rings (SSSR count). The van der Waals surface area contributed by atoms with Crippen molar-refractivity contribution in [2.75, 3.05) is 18.4 Å². The van der Waals surface area contributed by atoms with E-state index >= 15 is 0 Å². The number of ether oxygens (including phenoxy) is 1. The number of thiophene rings is 1. The van der Waals surface area contributed by atoms with E-state index in [1.165, 1.54) is 22.3 Å². The van der Waals surface area contributed by atoms with Crippen LogP contribution in [0.25, 0.3) is 6.08 Å². The zero-order chi connectivity index (χ0) is 21.1. The third kappa shape index (κ3) is 4.33. The van der Waals surface area contributed by atoms with Crippen LogP contribution in [0.3, 0.4) is 0 Å². The molecule has 2 amide bonds. The number of nitriles is 1. The van der Waals surface area contributed by atoms with Crippen LogP contribution in [0.4, 0.5) is 14.2 Å². The molecular weight excluding hydrogens is 407 g/mol. The van der Waals surface area contributed by atoms with Crippen molar-refractivity contribution in [1.29, 1.82) is 5.26 Å². The predicted octanol–water partition coefficient (Wildman–Crippen LogP) is 3.31. The average molecular weight is 426 g/mol. The molecule has 0 bridgehead atoms. The van der Waals surface area contributed by atoms with Gasteiger partial charge in [0, 0.05) is 29.8 Å². The van der Waals surface area contributed by atoms with Gasteiger partial charge in [0.15, 0.2) is 0 Å². The molecule has 3 heterocycles. The van der Waals surface area contributed by atoms with Gasteiger partial charge in [-0.3, -0.25) is 9.78 Å². The molecule has 2 aromatic heterocycles. The first-order valence-corrected chi connectivity index (χ1v) is 10.4. The van der Waals surface area contributed by atoms with E-state index in [-0.39, 0.29) is 25.1 Å². The van der Waals surface area contributed by atoms with Crippen LogP contribution >= 0.6 is 11.3 Å². The number of aromatic nitrogens is 1. The molecule has 0 radical (unpaired) electrons. The first kappa shape index (κ1) is 20.0. The minimum atomic E-state index is -0.968. The number of hydrogen-bond donors (Lipinski definition) is 1. The number of carbonyl (C=O) groups is 2. The first-order chi connectivity index (χ1) is 14.5. The van der Waals surface area contributed by atoms with Gasteiger partial charge in [-0.25, -0.2) is 9.18 Å². The van der Waals surface area contributed by atoms with Crippen molar-refractivity contribution in [2.24, 2.45) is 0 Å². The summed E-state index contributed by atoms with van der Waals surface area (Å²) in [5.74, 6) is -0.338. The second kappa shape index (κ2) is 8.63. The zero-order valence-corrected chi connectivity index (χ0v) is 16.8. The van der Waals surface area contributed by atoms with Crippen LogP contribution in [0.5, 0.6) is 0 Å². The summed E-state index contributed by atoms with van der Waals surface area (Å²) in [5.41, 5.74) is 2.16. The number of carbonyl (C=O) groups excluding carboxylic acids is 2. The zero-order valence-electron chi connectivity index (χ0n) is 16.0. The quantitative estimate of drug-likeness (QED) is 0.757. The van der Waals surface area contributed by atoms with Crippen molar-refractivity contribution >= 4 is 34.4 Å². The van der Waals surface area contributed by atoms with Crippen LogP contribution in [0.1, 0.15) is 28.0 Å². The maximum absolute atomic E-state index is 12.9. The summed E-state index contributed by atoms with van der Waals surface area (Å²) in [5, 5.41) is 12.9. The largest absolute Gasteiger partial charge is 0.446 e. The molecule has 1 aliphatic heterocycles. The predicted molar refractivity (Wildman–Crippen MR) is 110 cm³/mol. The van der Waals surface area contributed by atoms with Crippen LogP contribution in [0.2, 0.25) is 0 Å². The maximum Gasteiger partial charge on any atom is 0.410 e. The van der Waals surface area contributed by atoms with E-state index in [0.717, 1.165) is 16.0 Å². The molecular formula is C21H19FN4O3S. The third-order valence-corrected chi connectivity index (χ3v) is 6.21. The summed E-state index contributed by atoms with van der Waals surface area (Å²) >= 11 is 1.33. The van der Waals surface area contributed by atoms with Gasteiger partial charge in [-0.05, 0) is 36.1 Å². The van der Waals surface area contributed by atoms with Crippen molar-refractivity contribution in [3.63, 3.8) is 0 Å². The van der Waals surface area contributed by atoms with E-state index in [2.05, 4.69) is 16.4 Å².